The van der Waals surface area contributed by atoms with Crippen LogP contribution in [0.3, 0.4) is 0 Å². The summed E-state index contributed by atoms with van der Waals surface area (Å²) in [4.78, 5) is 22.3. The van der Waals surface area contributed by atoms with Gasteiger partial charge in [-0.25, -0.2) is 4.79 Å². The minimum absolute atomic E-state index is 0.146. The second kappa shape index (κ2) is 9.50. The third-order valence-electron chi connectivity index (χ3n) is 4.09. The number of aliphatic hydroxyl groups excluding tert-OH is 1. The number of cyclic esters (lactones) is 1. The van der Waals surface area contributed by atoms with Gasteiger partial charge in [0, 0.05) is 6.61 Å². The zero-order valence-electron chi connectivity index (χ0n) is 14.3. The molecule has 1 aliphatic rings. The number of rotatable bonds is 10. The van der Waals surface area contributed by atoms with Crippen LogP contribution in [-0.2, 0) is 14.3 Å². The number of esters is 1. The third-order valence-corrected chi connectivity index (χ3v) is 4.09. The number of unbranched alkanes of at least 4 members (excludes halogenated alkanes) is 2. The molecule has 0 unspecified atom stereocenters. The molecule has 0 spiro atoms. The molecule has 130 valence electrons. The maximum atomic E-state index is 11.4. The molecule has 5 heteroatoms. The molecular weight excluding hydrogens is 296 g/mol. The van der Waals surface area contributed by atoms with Crippen molar-refractivity contribution in [2.45, 2.75) is 65.4 Å². The van der Waals surface area contributed by atoms with Gasteiger partial charge in [-0.2, -0.15) is 0 Å². The van der Waals surface area contributed by atoms with Gasteiger partial charge in [-0.15, -0.1) is 0 Å². The lowest BCUT2D eigenvalue weighted by Gasteiger charge is -2.27. The van der Waals surface area contributed by atoms with Crippen LogP contribution in [0.4, 0.5) is 0 Å². The van der Waals surface area contributed by atoms with Crippen molar-refractivity contribution in [1.82, 2.24) is 0 Å². The second-order valence-electron chi connectivity index (χ2n) is 6.46. The zero-order chi connectivity index (χ0) is 17.4. The lowest BCUT2D eigenvalue weighted by molar-refractivity contribution is -0.166. The van der Waals surface area contributed by atoms with Crippen molar-refractivity contribution in [2.24, 2.45) is 5.92 Å². The number of aliphatic hydroxyl groups is 1. The molecule has 2 N–H and O–H groups in total. The molecule has 0 aromatic rings. The average molecular weight is 324 g/mol. The number of carbonyl (C=O) groups excluding carboxylic acids is 1. The van der Waals surface area contributed by atoms with Crippen LogP contribution in [-0.4, -0.2) is 34.9 Å². The van der Waals surface area contributed by atoms with Gasteiger partial charge < -0.3 is 14.9 Å². The van der Waals surface area contributed by atoms with E-state index in [1.165, 1.54) is 0 Å². The Morgan fingerprint density at radius 3 is 2.52 bits per heavy atom. The molecule has 1 aliphatic heterocycles. The fourth-order valence-corrected chi connectivity index (χ4v) is 2.96. The van der Waals surface area contributed by atoms with E-state index >= 15 is 0 Å². The van der Waals surface area contributed by atoms with Crippen molar-refractivity contribution in [3.05, 3.63) is 22.8 Å². The Bertz CT molecular complexity index is 482. The fourth-order valence-electron chi connectivity index (χ4n) is 2.96. The molecule has 1 fully saturated rings. The van der Waals surface area contributed by atoms with Crippen LogP contribution in [0.2, 0.25) is 0 Å². The summed E-state index contributed by atoms with van der Waals surface area (Å²) >= 11 is 0. The number of carboxylic acid groups (broad SMARTS) is 1. The van der Waals surface area contributed by atoms with Gasteiger partial charge in [-0.05, 0) is 38.2 Å². The van der Waals surface area contributed by atoms with Crippen LogP contribution < -0.4 is 0 Å². The third kappa shape index (κ3) is 6.57. The first-order valence-corrected chi connectivity index (χ1v) is 8.26. The van der Waals surface area contributed by atoms with E-state index in [2.05, 4.69) is 6.92 Å². The molecule has 5 nitrogen and oxygen atoms in total. The van der Waals surface area contributed by atoms with Crippen molar-refractivity contribution in [3.63, 3.8) is 0 Å². The highest BCUT2D eigenvalue weighted by molar-refractivity contribution is 5.92. The first kappa shape index (κ1) is 19.4. The lowest BCUT2D eigenvalue weighted by Crippen LogP contribution is -2.37. The van der Waals surface area contributed by atoms with Gasteiger partial charge >= 0.3 is 11.9 Å². The SMILES string of the molecule is C/C(=C\C(C)=C(\C(=O)O)[C@H]1CC(=O)O1)C[C@H](C)CCCCCO. The highest BCUT2D eigenvalue weighted by Gasteiger charge is 2.36. The van der Waals surface area contributed by atoms with Gasteiger partial charge in [-0.3, -0.25) is 4.79 Å². The van der Waals surface area contributed by atoms with Gasteiger partial charge in [-0.1, -0.05) is 37.8 Å². The fraction of sp³-hybridized carbons (Fsp3) is 0.667. The standard InChI is InChI=1S/C18H28O5/c1-12(7-5-4-6-8-19)9-13(2)10-14(3)17(18(21)22)15-11-16(20)23-15/h10,12,15,19H,4-9,11H2,1-3H3,(H,21,22)/b13-10+,17-14+/t12-,15-/m1/s1. The minimum atomic E-state index is -1.03. The van der Waals surface area contributed by atoms with E-state index in [1.807, 2.05) is 13.0 Å². The maximum absolute atomic E-state index is 11.4. The highest BCUT2D eigenvalue weighted by Crippen LogP contribution is 2.26. The van der Waals surface area contributed by atoms with Crippen LogP contribution in [0.1, 0.15) is 59.3 Å². The molecule has 1 rings (SSSR count). The van der Waals surface area contributed by atoms with E-state index < -0.39 is 12.1 Å². The number of hydrogen-bond acceptors (Lipinski definition) is 4. The Morgan fingerprint density at radius 1 is 1.35 bits per heavy atom. The molecule has 0 saturated carbocycles. The second-order valence-corrected chi connectivity index (χ2v) is 6.46. The normalized spacial score (nSPS) is 20.4. The molecule has 23 heavy (non-hydrogen) atoms. The molecule has 0 radical (unpaired) electrons. The quantitative estimate of drug-likeness (QED) is 0.279. The summed E-state index contributed by atoms with van der Waals surface area (Å²) < 4.78 is 4.90. The number of ether oxygens (including phenoxy) is 1. The first-order valence-electron chi connectivity index (χ1n) is 8.26. The Balaban J connectivity index is 2.61. The Morgan fingerprint density at radius 2 is 2.00 bits per heavy atom. The summed E-state index contributed by atoms with van der Waals surface area (Å²) in [5.74, 6) is -0.854. The van der Waals surface area contributed by atoms with E-state index in [9.17, 15) is 14.7 Å². The Labute approximate surface area is 138 Å². The number of allylic oxidation sites excluding steroid dienone is 3. The first-order chi connectivity index (χ1) is 10.8. The van der Waals surface area contributed by atoms with E-state index in [-0.39, 0.29) is 24.6 Å². The van der Waals surface area contributed by atoms with E-state index in [1.54, 1.807) is 6.92 Å². The Kier molecular flexibility index (Phi) is 8.03. The number of carboxylic acids is 1. The summed E-state index contributed by atoms with van der Waals surface area (Å²) in [5.41, 5.74) is 1.96. The smallest absolute Gasteiger partial charge is 0.335 e. The summed E-state index contributed by atoms with van der Waals surface area (Å²) in [7, 11) is 0. The van der Waals surface area contributed by atoms with Crippen molar-refractivity contribution in [1.29, 1.82) is 0 Å². The average Bonchev–Trinajstić information content (AvgIpc) is 2.41. The van der Waals surface area contributed by atoms with Crippen molar-refractivity contribution < 1.29 is 24.5 Å². The Hall–Kier alpha value is -1.62. The van der Waals surface area contributed by atoms with Crippen LogP contribution in [0.15, 0.2) is 22.8 Å². The molecule has 1 heterocycles. The number of hydrogen-bond donors (Lipinski definition) is 2. The van der Waals surface area contributed by atoms with Crippen LogP contribution >= 0.6 is 0 Å². The predicted octanol–water partition coefficient (Wildman–Crippen LogP) is 3.23. The topological polar surface area (TPSA) is 83.8 Å². The summed E-state index contributed by atoms with van der Waals surface area (Å²) in [6.07, 6.45) is 6.42. The minimum Gasteiger partial charge on any atom is -0.478 e. The van der Waals surface area contributed by atoms with E-state index in [0.717, 1.165) is 37.7 Å². The molecule has 0 aliphatic carbocycles. The van der Waals surface area contributed by atoms with Crippen LogP contribution in [0.25, 0.3) is 0 Å². The molecule has 1 saturated heterocycles. The largest absolute Gasteiger partial charge is 0.478 e. The van der Waals surface area contributed by atoms with Crippen LogP contribution in [0, 0.1) is 5.92 Å². The molecule has 2 atom stereocenters. The number of carbonyl (C=O) groups is 2. The van der Waals surface area contributed by atoms with Gasteiger partial charge in [0.05, 0.1) is 12.0 Å². The van der Waals surface area contributed by atoms with Crippen LogP contribution in [0.5, 0.6) is 0 Å². The highest BCUT2D eigenvalue weighted by atomic mass is 16.6. The van der Waals surface area contributed by atoms with Gasteiger partial charge in [0.25, 0.3) is 0 Å². The zero-order valence-corrected chi connectivity index (χ0v) is 14.3. The summed E-state index contributed by atoms with van der Waals surface area (Å²) in [6, 6.07) is 0. The van der Waals surface area contributed by atoms with E-state index in [0.29, 0.717) is 11.5 Å². The van der Waals surface area contributed by atoms with Crippen molar-refractivity contribution in [3.8, 4) is 0 Å². The molecular formula is C18H28O5. The van der Waals surface area contributed by atoms with Crippen molar-refractivity contribution >= 4 is 11.9 Å². The molecule has 0 aromatic carbocycles. The summed E-state index contributed by atoms with van der Waals surface area (Å²) in [6.45, 7) is 6.19. The van der Waals surface area contributed by atoms with Gasteiger partial charge in [0.2, 0.25) is 0 Å². The molecule has 0 aromatic heterocycles. The summed E-state index contributed by atoms with van der Waals surface area (Å²) in [5, 5.41) is 18.1. The van der Waals surface area contributed by atoms with Gasteiger partial charge in [0.1, 0.15) is 6.10 Å². The lowest BCUT2D eigenvalue weighted by atomic mass is 9.93. The number of aliphatic carboxylic acids is 1. The monoisotopic (exact) mass is 324 g/mol. The van der Waals surface area contributed by atoms with E-state index in [4.69, 9.17) is 9.84 Å². The predicted molar refractivity (Wildman–Crippen MR) is 87.9 cm³/mol. The van der Waals surface area contributed by atoms with Gasteiger partial charge in [0.15, 0.2) is 0 Å². The maximum Gasteiger partial charge on any atom is 0.335 e. The van der Waals surface area contributed by atoms with Crippen molar-refractivity contribution in [2.75, 3.05) is 6.61 Å². The molecule has 0 bridgehead atoms. The molecule has 0 amide bonds.